The zero-order valence-electron chi connectivity index (χ0n) is 57.6. The van der Waals surface area contributed by atoms with Crippen LogP contribution in [0, 0.1) is 0 Å². The molecule has 0 saturated carbocycles. The summed E-state index contributed by atoms with van der Waals surface area (Å²) in [5.41, 5.74) is 39.6. The number of aliphatic imine (C=N–C) groups is 2. The third-order valence-corrected chi connectivity index (χ3v) is 27.0. The minimum Gasteiger partial charge on any atom is -0.354 e. The van der Waals surface area contributed by atoms with Crippen molar-refractivity contribution >= 4 is 76.8 Å². The minimum absolute atomic E-state index is 0.111. The van der Waals surface area contributed by atoms with E-state index in [2.05, 4.69) is 267 Å². The number of allylic oxidation sites excluding steroid dienone is 4. The lowest BCUT2D eigenvalue weighted by atomic mass is 9.60. The summed E-state index contributed by atoms with van der Waals surface area (Å²) in [6, 6.07) is 103. The van der Waals surface area contributed by atoms with Gasteiger partial charge in [-0.25, -0.2) is 9.98 Å². The Bertz CT molecular complexity index is 6230. The second-order valence-corrected chi connectivity index (χ2v) is 31.7. The van der Waals surface area contributed by atoms with Gasteiger partial charge < -0.3 is 9.97 Å². The highest BCUT2D eigenvalue weighted by atomic mass is 14.9. The van der Waals surface area contributed by atoms with E-state index in [4.69, 9.17) is 20.0 Å². The first-order valence-corrected chi connectivity index (χ1v) is 38.4. The summed E-state index contributed by atoms with van der Waals surface area (Å²) in [5, 5.41) is 12.9. The van der Waals surface area contributed by atoms with Gasteiger partial charge in [-0.05, 0) is 206 Å². The normalized spacial score (nSPS) is 23.0. The van der Waals surface area contributed by atoms with Crippen molar-refractivity contribution in [2.24, 2.45) is 9.98 Å². The molecule has 0 fully saturated rings. The van der Waals surface area contributed by atoms with E-state index in [9.17, 15) is 0 Å². The van der Waals surface area contributed by atoms with Crippen LogP contribution in [0.5, 0.6) is 0 Å². The van der Waals surface area contributed by atoms with Gasteiger partial charge in [-0.3, -0.25) is 0 Å². The van der Waals surface area contributed by atoms with Gasteiger partial charge in [0.1, 0.15) is 0 Å². The van der Waals surface area contributed by atoms with Gasteiger partial charge in [0, 0.05) is 69.6 Å². The monoisotopic (exact) mass is 1330 g/mol. The predicted octanol–water partition coefficient (Wildman–Crippen LogP) is 22.2. The Balaban J connectivity index is 0.915. The number of aromatic nitrogens is 2. The molecule has 16 bridgehead atoms. The molecule has 0 radical (unpaired) electrons. The quantitative estimate of drug-likeness (QED) is 0.176. The summed E-state index contributed by atoms with van der Waals surface area (Å²) in [6.07, 6.45) is 8.45. The van der Waals surface area contributed by atoms with Crippen molar-refractivity contribution in [3.8, 4) is 0 Å². The SMILES string of the molecule is c1ccc(C2=C3N=C(C4=C3C3CCC4c4cc5ccccc5cc43)C(c3ccccc3)=c3[nH]c(c4c3C3CCC4c4cc5ccccc5cc43)=C(c3ccccc3)C3=NC(=C(c4ccccc4)c4[nH]c2c2c4C4CCC2c2cc5ccccc5cc24)C2=C3C3CCC2c2cc4ccccc4cc23)cc1. The standard InChI is InChI=1S/C100H70N4/c1-5-21-53(22-6-1)81-93-85-65-37-39-67(75-47-59-31-15-13-29-57(59)45-73(65)75)87(85)95(101-93)82(54-23-7-2-8-24-54)97-89-69-41-43-71(79-51-63-35-19-17-33-61(63)49-77(69)79)91(89)99(103-97)84(56-27-11-4-12-28-56)100-92-72-44-42-70(78-50-62-34-18-20-36-64(62)52-80(72)78)90(92)98(104-100)83(55-25-9-3-10-26-55)96-88-68-40-38-66(86(88)94(81)102-96)74-46-58-30-14-16-32-60(58)48-76(68)74/h1-36,45-52,65-72,101,104H,37-44H2. The topological polar surface area (TPSA) is 56.3 Å². The molecular formula is C100H70N4. The second-order valence-electron chi connectivity index (χ2n) is 31.7. The van der Waals surface area contributed by atoms with E-state index in [1.165, 1.54) is 199 Å². The van der Waals surface area contributed by atoms with E-state index in [-0.39, 0.29) is 47.3 Å². The third-order valence-electron chi connectivity index (χ3n) is 27.0. The van der Waals surface area contributed by atoms with Crippen LogP contribution in [0.2, 0.25) is 0 Å². The van der Waals surface area contributed by atoms with Crippen LogP contribution in [-0.4, -0.2) is 21.4 Å². The van der Waals surface area contributed by atoms with Crippen LogP contribution in [0.15, 0.2) is 311 Å². The van der Waals surface area contributed by atoms with E-state index in [1.807, 2.05) is 0 Å². The Morgan fingerprint density at radius 1 is 0.221 bits per heavy atom. The van der Waals surface area contributed by atoms with Crippen LogP contribution < -0.4 is 10.7 Å². The fourth-order valence-electron chi connectivity index (χ4n) is 23.0. The molecule has 0 spiro atoms. The average Bonchev–Trinajstić information content (AvgIpc) is 1.51. The van der Waals surface area contributed by atoms with Gasteiger partial charge in [0.25, 0.3) is 0 Å². The number of nitrogens with one attached hydrogen (secondary N) is 2. The molecule has 8 unspecified atom stereocenters. The van der Waals surface area contributed by atoms with Gasteiger partial charge in [-0.15, -0.1) is 0 Å². The molecule has 0 amide bonds. The van der Waals surface area contributed by atoms with Crippen LogP contribution in [0.4, 0.5) is 0 Å². The number of aromatic amines is 2. The number of hydrogen-bond donors (Lipinski definition) is 2. The van der Waals surface area contributed by atoms with E-state index >= 15 is 0 Å². The minimum atomic E-state index is 0.111. The molecule has 29 rings (SSSR count). The summed E-state index contributed by atoms with van der Waals surface area (Å²) in [5.74, 6) is 0.936. The zero-order chi connectivity index (χ0) is 67.3. The number of rotatable bonds is 4. The van der Waals surface area contributed by atoms with E-state index in [0.29, 0.717) is 0 Å². The first kappa shape index (κ1) is 56.9. The molecule has 13 aliphatic carbocycles. The summed E-state index contributed by atoms with van der Waals surface area (Å²) in [6.45, 7) is 0. The van der Waals surface area contributed by atoms with Gasteiger partial charge >= 0.3 is 0 Å². The molecule has 12 aromatic carbocycles. The van der Waals surface area contributed by atoms with Crippen LogP contribution >= 0.6 is 0 Å². The largest absolute Gasteiger partial charge is 0.354 e. The lowest BCUT2D eigenvalue weighted by Gasteiger charge is -2.42. The van der Waals surface area contributed by atoms with Crippen molar-refractivity contribution < 1.29 is 0 Å². The van der Waals surface area contributed by atoms with Gasteiger partial charge in [-0.1, -0.05) is 267 Å². The molecule has 14 aromatic rings. The Kier molecular flexibility index (Phi) is 11.5. The van der Waals surface area contributed by atoms with Crippen molar-refractivity contribution in [1.82, 2.24) is 9.97 Å². The smallest absolute Gasteiger partial charge is 0.0778 e. The highest BCUT2D eigenvalue weighted by Gasteiger charge is 2.53. The van der Waals surface area contributed by atoms with Crippen LogP contribution in [0.1, 0.15) is 199 Å². The van der Waals surface area contributed by atoms with E-state index < -0.39 is 0 Å². The molecule has 2 aliphatic heterocycles. The van der Waals surface area contributed by atoms with Crippen molar-refractivity contribution in [3.63, 3.8) is 0 Å². The molecule has 0 saturated heterocycles. The van der Waals surface area contributed by atoms with Crippen molar-refractivity contribution in [3.05, 3.63) is 412 Å². The molecule has 8 atom stereocenters. The maximum Gasteiger partial charge on any atom is 0.0778 e. The summed E-state index contributed by atoms with van der Waals surface area (Å²) in [7, 11) is 0. The van der Waals surface area contributed by atoms with Crippen LogP contribution in [0.3, 0.4) is 0 Å². The number of hydrogen-bond acceptors (Lipinski definition) is 2. The number of benzene rings is 12. The molecule has 4 heteroatoms. The van der Waals surface area contributed by atoms with Crippen LogP contribution in [-0.2, 0) is 0 Å². The molecule has 104 heavy (non-hydrogen) atoms. The van der Waals surface area contributed by atoms with Gasteiger partial charge in [0.05, 0.1) is 44.9 Å². The predicted molar refractivity (Wildman–Crippen MR) is 424 cm³/mol. The van der Waals surface area contributed by atoms with Crippen molar-refractivity contribution in [2.75, 3.05) is 0 Å². The van der Waals surface area contributed by atoms with Crippen LogP contribution in [0.25, 0.3) is 65.4 Å². The number of nitrogens with zero attached hydrogens (tertiary/aromatic N) is 2. The van der Waals surface area contributed by atoms with Gasteiger partial charge in [0.15, 0.2) is 0 Å². The number of fused-ring (bicyclic) bond motifs is 8. The fourth-order valence-corrected chi connectivity index (χ4v) is 23.0. The Morgan fingerprint density at radius 3 is 0.740 bits per heavy atom. The van der Waals surface area contributed by atoms with Crippen molar-refractivity contribution in [2.45, 2.75) is 98.7 Å². The van der Waals surface area contributed by atoms with Gasteiger partial charge in [0.2, 0.25) is 0 Å². The molecule has 4 nitrogen and oxygen atoms in total. The maximum atomic E-state index is 6.75. The highest BCUT2D eigenvalue weighted by Crippen LogP contribution is 2.66. The molecule has 4 heterocycles. The number of H-pyrrole nitrogens is 2. The molecule has 2 aromatic heterocycles. The molecule has 490 valence electrons. The summed E-state index contributed by atoms with van der Waals surface area (Å²) < 4.78 is 0. The molecule has 15 aliphatic rings. The van der Waals surface area contributed by atoms with E-state index in [0.717, 1.165) is 74.2 Å². The van der Waals surface area contributed by atoms with Crippen molar-refractivity contribution in [1.29, 1.82) is 0 Å². The summed E-state index contributed by atoms with van der Waals surface area (Å²) >= 11 is 0. The zero-order valence-corrected chi connectivity index (χ0v) is 57.6. The Hall–Kier alpha value is -11.7. The molecule has 2 N–H and O–H groups in total. The Morgan fingerprint density at radius 2 is 0.452 bits per heavy atom. The first-order valence-electron chi connectivity index (χ1n) is 38.4. The average molecular weight is 1330 g/mol. The summed E-state index contributed by atoms with van der Waals surface area (Å²) in [4.78, 5) is 23.0. The second kappa shape index (κ2) is 21.0. The van der Waals surface area contributed by atoms with Gasteiger partial charge in [-0.2, -0.15) is 0 Å². The van der Waals surface area contributed by atoms with E-state index in [1.54, 1.807) is 0 Å². The lowest BCUT2D eigenvalue weighted by Crippen LogP contribution is -2.32. The Labute approximate surface area is 603 Å². The lowest BCUT2D eigenvalue weighted by molar-refractivity contribution is 0.520. The first-order chi connectivity index (χ1) is 51.6. The molecular weight excluding hydrogens is 1260 g/mol. The third kappa shape index (κ3) is 7.57. The highest BCUT2D eigenvalue weighted by molar-refractivity contribution is 6.36. The fraction of sp³-hybridized carbons (Fsp3) is 0.160. The maximum absolute atomic E-state index is 6.75.